The first-order valence-corrected chi connectivity index (χ1v) is 13.1. The highest BCUT2D eigenvalue weighted by molar-refractivity contribution is 5.83. The van der Waals surface area contributed by atoms with Crippen LogP contribution in [0.3, 0.4) is 0 Å². The molecule has 1 unspecified atom stereocenters. The van der Waals surface area contributed by atoms with Crippen LogP contribution in [0.25, 0.3) is 11.1 Å². The minimum absolute atomic E-state index is 0.0134. The van der Waals surface area contributed by atoms with E-state index in [0.717, 1.165) is 30.5 Å². The SMILES string of the molecule is O=C(C(O)c1cccc(-c2cccc(C(F)(F)F)c2)c1)N1CCc2nc(C3(c4ccccc4)CC3)[nH]c(=O)c2C1. The number of hydrogen-bond donors (Lipinski definition) is 2. The highest BCUT2D eigenvalue weighted by Gasteiger charge is 2.48. The summed E-state index contributed by atoms with van der Waals surface area (Å²) in [4.78, 5) is 35.6. The first-order chi connectivity index (χ1) is 19.2. The van der Waals surface area contributed by atoms with Crippen molar-refractivity contribution in [1.29, 1.82) is 0 Å². The molecular weight excluding hydrogens is 519 g/mol. The number of alkyl halides is 3. The standard InChI is InChI=1S/C31H26F3N3O3/c32-31(33,34)23-11-5-7-20(17-23)19-6-4-8-21(16-19)26(38)28(40)37-15-12-25-24(18-37)27(39)36-29(35-25)30(13-14-30)22-9-2-1-3-10-22/h1-11,16-17,26,38H,12-15,18H2,(H,35,36,39). The second-order valence-corrected chi connectivity index (χ2v) is 10.4. The summed E-state index contributed by atoms with van der Waals surface area (Å²) < 4.78 is 39.5. The number of aromatic amines is 1. The van der Waals surface area contributed by atoms with Gasteiger partial charge in [-0.15, -0.1) is 0 Å². The molecule has 6 rings (SSSR count). The van der Waals surface area contributed by atoms with Crippen LogP contribution in [0, 0.1) is 0 Å². The normalized spacial score (nSPS) is 16.8. The molecule has 2 heterocycles. The van der Waals surface area contributed by atoms with Crippen LogP contribution in [0.5, 0.6) is 0 Å². The van der Waals surface area contributed by atoms with Crippen molar-refractivity contribution in [2.24, 2.45) is 0 Å². The topological polar surface area (TPSA) is 86.3 Å². The van der Waals surface area contributed by atoms with Crippen molar-refractivity contribution in [1.82, 2.24) is 14.9 Å². The van der Waals surface area contributed by atoms with Gasteiger partial charge in [0.05, 0.1) is 28.8 Å². The van der Waals surface area contributed by atoms with E-state index in [-0.39, 0.29) is 29.6 Å². The number of benzene rings is 3. The average Bonchev–Trinajstić information content (AvgIpc) is 3.79. The minimum Gasteiger partial charge on any atom is -0.378 e. The van der Waals surface area contributed by atoms with E-state index in [4.69, 9.17) is 4.98 Å². The number of nitrogens with zero attached hydrogens (tertiary/aromatic N) is 2. The first kappa shape index (κ1) is 26.0. The van der Waals surface area contributed by atoms with Crippen molar-refractivity contribution in [3.63, 3.8) is 0 Å². The van der Waals surface area contributed by atoms with Gasteiger partial charge in [-0.1, -0.05) is 60.7 Å². The summed E-state index contributed by atoms with van der Waals surface area (Å²) in [6, 6.07) is 21.1. The Labute approximate surface area is 228 Å². The highest BCUT2D eigenvalue weighted by Crippen LogP contribution is 2.52. The summed E-state index contributed by atoms with van der Waals surface area (Å²) in [6.45, 7) is 0.296. The van der Waals surface area contributed by atoms with E-state index in [1.54, 1.807) is 24.3 Å². The lowest BCUT2D eigenvalue weighted by Crippen LogP contribution is -2.42. The fourth-order valence-corrected chi connectivity index (χ4v) is 5.46. The van der Waals surface area contributed by atoms with E-state index in [1.807, 2.05) is 30.3 Å². The molecule has 1 aliphatic heterocycles. The number of aliphatic hydroxyl groups is 1. The summed E-state index contributed by atoms with van der Waals surface area (Å²) in [7, 11) is 0. The summed E-state index contributed by atoms with van der Waals surface area (Å²) in [5.74, 6) is 0.0620. The third-order valence-corrected chi connectivity index (χ3v) is 7.87. The molecule has 40 heavy (non-hydrogen) atoms. The molecule has 4 aromatic rings. The summed E-state index contributed by atoms with van der Waals surface area (Å²) in [5.41, 5.74) is 1.83. The zero-order chi connectivity index (χ0) is 28.1. The van der Waals surface area contributed by atoms with Crippen LogP contribution in [-0.4, -0.2) is 32.4 Å². The molecule has 204 valence electrons. The molecule has 3 aromatic carbocycles. The number of carbonyl (C=O) groups is 1. The Kier molecular flexibility index (Phi) is 6.34. The van der Waals surface area contributed by atoms with E-state index in [1.165, 1.54) is 17.0 Å². The zero-order valence-electron chi connectivity index (χ0n) is 21.4. The molecule has 0 spiro atoms. The average molecular weight is 546 g/mol. The largest absolute Gasteiger partial charge is 0.416 e. The Morgan fingerprint density at radius 2 is 1.68 bits per heavy atom. The Bertz CT molecular complexity index is 1650. The molecular formula is C31H26F3N3O3. The zero-order valence-corrected chi connectivity index (χ0v) is 21.4. The predicted octanol–water partition coefficient (Wildman–Crippen LogP) is 5.15. The number of amides is 1. The lowest BCUT2D eigenvalue weighted by molar-refractivity contribution is -0.141. The van der Waals surface area contributed by atoms with Crippen LogP contribution in [0.4, 0.5) is 13.2 Å². The Morgan fingerprint density at radius 3 is 2.38 bits per heavy atom. The number of rotatable bonds is 5. The van der Waals surface area contributed by atoms with Gasteiger partial charge in [-0.3, -0.25) is 9.59 Å². The second-order valence-electron chi connectivity index (χ2n) is 10.4. The van der Waals surface area contributed by atoms with E-state index in [2.05, 4.69) is 4.98 Å². The Balaban J connectivity index is 1.22. The molecule has 0 bridgehead atoms. The summed E-state index contributed by atoms with van der Waals surface area (Å²) >= 11 is 0. The van der Waals surface area contributed by atoms with Crippen LogP contribution in [-0.2, 0) is 29.4 Å². The van der Waals surface area contributed by atoms with Crippen molar-refractivity contribution in [2.45, 2.75) is 43.5 Å². The van der Waals surface area contributed by atoms with Crippen molar-refractivity contribution in [3.8, 4) is 11.1 Å². The number of aliphatic hydroxyl groups excluding tert-OH is 1. The fourth-order valence-electron chi connectivity index (χ4n) is 5.46. The van der Waals surface area contributed by atoms with Gasteiger partial charge in [-0.05, 0) is 53.3 Å². The van der Waals surface area contributed by atoms with E-state index >= 15 is 0 Å². The number of nitrogens with one attached hydrogen (secondary N) is 1. The molecule has 2 aliphatic rings. The molecule has 1 amide bonds. The van der Waals surface area contributed by atoms with Gasteiger partial charge in [0.1, 0.15) is 5.82 Å². The summed E-state index contributed by atoms with van der Waals surface area (Å²) in [5, 5.41) is 10.9. The van der Waals surface area contributed by atoms with Crippen LogP contribution in [0.15, 0.2) is 83.7 Å². The molecule has 2 N–H and O–H groups in total. The number of halogens is 3. The summed E-state index contributed by atoms with van der Waals surface area (Å²) in [6.07, 6.45) is -3.85. The first-order valence-electron chi connectivity index (χ1n) is 13.1. The van der Waals surface area contributed by atoms with Crippen LogP contribution < -0.4 is 5.56 Å². The third-order valence-electron chi connectivity index (χ3n) is 7.87. The van der Waals surface area contributed by atoms with Crippen LogP contribution in [0.1, 0.15) is 52.7 Å². The number of hydrogen-bond acceptors (Lipinski definition) is 4. The lowest BCUT2D eigenvalue weighted by Gasteiger charge is -2.30. The smallest absolute Gasteiger partial charge is 0.378 e. The molecule has 9 heteroatoms. The van der Waals surface area contributed by atoms with Gasteiger partial charge >= 0.3 is 6.18 Å². The quantitative estimate of drug-likeness (QED) is 0.363. The van der Waals surface area contributed by atoms with Crippen LogP contribution >= 0.6 is 0 Å². The number of fused-ring (bicyclic) bond motifs is 1. The van der Waals surface area contributed by atoms with E-state index < -0.39 is 23.8 Å². The number of aromatic nitrogens is 2. The van der Waals surface area contributed by atoms with Crippen LogP contribution in [0.2, 0.25) is 0 Å². The number of carbonyl (C=O) groups excluding carboxylic acids is 1. The van der Waals surface area contributed by atoms with Gasteiger partial charge in [0.15, 0.2) is 6.10 Å². The maximum atomic E-state index is 13.3. The maximum Gasteiger partial charge on any atom is 0.416 e. The van der Waals surface area contributed by atoms with E-state index in [0.29, 0.717) is 34.6 Å². The molecule has 1 fully saturated rings. The molecule has 0 radical (unpaired) electrons. The van der Waals surface area contributed by atoms with Gasteiger partial charge in [-0.2, -0.15) is 13.2 Å². The van der Waals surface area contributed by atoms with Gasteiger partial charge in [0, 0.05) is 13.0 Å². The number of H-pyrrole nitrogens is 1. The fraction of sp³-hybridized carbons (Fsp3) is 0.258. The molecule has 1 aliphatic carbocycles. The van der Waals surface area contributed by atoms with Gasteiger partial charge < -0.3 is 15.0 Å². The molecule has 1 atom stereocenters. The van der Waals surface area contributed by atoms with Crippen molar-refractivity contribution in [2.75, 3.05) is 6.54 Å². The molecule has 1 saturated carbocycles. The second kappa shape index (κ2) is 9.75. The van der Waals surface area contributed by atoms with E-state index in [9.17, 15) is 27.9 Å². The molecule has 6 nitrogen and oxygen atoms in total. The lowest BCUT2D eigenvalue weighted by atomic mass is 9.94. The highest BCUT2D eigenvalue weighted by atomic mass is 19.4. The predicted molar refractivity (Wildman–Crippen MR) is 142 cm³/mol. The maximum absolute atomic E-state index is 13.3. The van der Waals surface area contributed by atoms with Gasteiger partial charge in [0.25, 0.3) is 11.5 Å². The van der Waals surface area contributed by atoms with Crippen molar-refractivity contribution >= 4 is 5.91 Å². The van der Waals surface area contributed by atoms with Gasteiger partial charge in [-0.25, -0.2) is 4.98 Å². The minimum atomic E-state index is -4.48. The van der Waals surface area contributed by atoms with Crippen molar-refractivity contribution < 1.29 is 23.1 Å². The Morgan fingerprint density at radius 1 is 0.975 bits per heavy atom. The van der Waals surface area contributed by atoms with Gasteiger partial charge in [0.2, 0.25) is 0 Å². The molecule has 0 saturated heterocycles. The van der Waals surface area contributed by atoms with Crippen molar-refractivity contribution in [3.05, 3.63) is 123 Å². The monoisotopic (exact) mass is 545 g/mol. The Hall–Kier alpha value is -4.24. The molecule has 1 aromatic heterocycles. The third kappa shape index (κ3) is 4.70.